The second-order valence-corrected chi connectivity index (χ2v) is 7.04. The molecule has 7 heteroatoms. The van der Waals surface area contributed by atoms with Crippen molar-refractivity contribution in [1.82, 2.24) is 9.78 Å². The van der Waals surface area contributed by atoms with Crippen molar-refractivity contribution in [1.29, 1.82) is 0 Å². The number of aromatic nitrogens is 2. The molecule has 0 atom stereocenters. The molecule has 31 heavy (non-hydrogen) atoms. The van der Waals surface area contributed by atoms with Crippen LogP contribution in [0.15, 0.2) is 83.5 Å². The largest absolute Gasteiger partial charge is 0.481 e. The van der Waals surface area contributed by atoms with Gasteiger partial charge in [-0.15, -0.1) is 0 Å². The van der Waals surface area contributed by atoms with E-state index in [1.165, 1.54) is 0 Å². The molecule has 0 saturated carbocycles. The summed E-state index contributed by atoms with van der Waals surface area (Å²) in [7, 11) is 0. The van der Waals surface area contributed by atoms with Gasteiger partial charge in [0.25, 0.3) is 5.91 Å². The van der Waals surface area contributed by atoms with Crippen LogP contribution < -0.4 is 5.32 Å². The predicted octanol–water partition coefficient (Wildman–Crippen LogP) is 4.79. The third-order valence-electron chi connectivity index (χ3n) is 4.78. The van der Waals surface area contributed by atoms with E-state index >= 15 is 0 Å². The van der Waals surface area contributed by atoms with E-state index in [-0.39, 0.29) is 18.0 Å². The molecular formula is C24H21N3O4. The summed E-state index contributed by atoms with van der Waals surface area (Å²) < 4.78 is 7.20. The fourth-order valence-electron chi connectivity index (χ4n) is 3.25. The van der Waals surface area contributed by atoms with Gasteiger partial charge in [0.1, 0.15) is 5.69 Å². The van der Waals surface area contributed by atoms with Crippen molar-refractivity contribution >= 4 is 17.6 Å². The molecule has 2 N–H and O–H groups in total. The molecule has 0 aliphatic heterocycles. The third-order valence-corrected chi connectivity index (χ3v) is 4.78. The highest BCUT2D eigenvalue weighted by molar-refractivity contribution is 6.03. The molecule has 0 fully saturated rings. The molecule has 0 aliphatic rings. The number of rotatable bonds is 8. The number of carboxylic acid groups (broad SMARTS) is 1. The number of para-hydroxylation sites is 1. The molecule has 0 bridgehead atoms. The van der Waals surface area contributed by atoms with Gasteiger partial charge in [-0.05, 0) is 54.8 Å². The molecule has 0 spiro atoms. The number of carbonyl (C=O) groups excluding carboxylic acids is 1. The quantitative estimate of drug-likeness (QED) is 0.431. The molecule has 2 aromatic carbocycles. The summed E-state index contributed by atoms with van der Waals surface area (Å²) in [6.07, 6.45) is 2.97. The second-order valence-electron chi connectivity index (χ2n) is 7.04. The summed E-state index contributed by atoms with van der Waals surface area (Å²) in [5.74, 6) is -0.519. The number of carboxylic acids is 1. The van der Waals surface area contributed by atoms with Gasteiger partial charge in [-0.2, -0.15) is 5.10 Å². The van der Waals surface area contributed by atoms with Crippen LogP contribution in [0.4, 0.5) is 5.69 Å². The van der Waals surface area contributed by atoms with Crippen LogP contribution in [0.5, 0.6) is 0 Å². The highest BCUT2D eigenvalue weighted by atomic mass is 16.4. The standard InChI is InChI=1S/C24H21N3O4/c28-23(29)10-4-6-17-11-13-18(14-12-17)25-24(30)20-16-21(22-9-5-15-31-22)27(26-20)19-7-2-1-3-8-19/h1-3,5,7-9,11-16H,4,6,10H2,(H,25,30)(H,28,29). The Hall–Kier alpha value is -4.13. The number of anilines is 1. The van der Waals surface area contributed by atoms with E-state index < -0.39 is 5.97 Å². The van der Waals surface area contributed by atoms with Crippen LogP contribution in [-0.2, 0) is 11.2 Å². The maximum atomic E-state index is 12.8. The maximum absolute atomic E-state index is 12.8. The molecule has 1 amide bonds. The summed E-state index contributed by atoms with van der Waals surface area (Å²) in [6, 6.07) is 22.2. The Kier molecular flexibility index (Phi) is 5.93. The molecule has 156 valence electrons. The zero-order chi connectivity index (χ0) is 21.6. The van der Waals surface area contributed by atoms with Gasteiger partial charge >= 0.3 is 5.97 Å². The number of aliphatic carboxylic acids is 1. The van der Waals surface area contributed by atoms with Gasteiger partial charge in [-0.25, -0.2) is 4.68 Å². The van der Waals surface area contributed by atoms with Crippen LogP contribution in [-0.4, -0.2) is 26.8 Å². The highest BCUT2D eigenvalue weighted by Gasteiger charge is 2.18. The van der Waals surface area contributed by atoms with Crippen molar-refractivity contribution in [3.8, 4) is 17.1 Å². The average molecular weight is 415 g/mol. The number of carbonyl (C=O) groups is 2. The van der Waals surface area contributed by atoms with Crippen LogP contribution in [0.25, 0.3) is 17.1 Å². The SMILES string of the molecule is O=C(O)CCCc1ccc(NC(=O)c2cc(-c3ccco3)n(-c3ccccc3)n2)cc1. The molecule has 0 unspecified atom stereocenters. The van der Waals surface area contributed by atoms with Crippen LogP contribution in [0.2, 0.25) is 0 Å². The van der Waals surface area contributed by atoms with Crippen molar-refractivity contribution < 1.29 is 19.1 Å². The molecule has 0 aliphatic carbocycles. The first-order chi connectivity index (χ1) is 15.1. The number of furan rings is 1. The number of amides is 1. The van der Waals surface area contributed by atoms with Crippen molar-refractivity contribution in [2.45, 2.75) is 19.3 Å². The van der Waals surface area contributed by atoms with Crippen molar-refractivity contribution in [3.63, 3.8) is 0 Å². The van der Waals surface area contributed by atoms with E-state index in [0.29, 0.717) is 30.0 Å². The van der Waals surface area contributed by atoms with E-state index in [0.717, 1.165) is 11.3 Å². The number of hydrogen-bond donors (Lipinski definition) is 2. The zero-order valence-electron chi connectivity index (χ0n) is 16.7. The number of benzene rings is 2. The number of nitrogens with zero attached hydrogens (tertiary/aromatic N) is 2. The van der Waals surface area contributed by atoms with Gasteiger partial charge in [0.2, 0.25) is 0 Å². The van der Waals surface area contributed by atoms with Gasteiger partial charge in [0.05, 0.1) is 12.0 Å². The smallest absolute Gasteiger partial charge is 0.303 e. The normalized spacial score (nSPS) is 10.7. The Morgan fingerprint density at radius 3 is 2.45 bits per heavy atom. The van der Waals surface area contributed by atoms with E-state index in [1.807, 2.05) is 48.5 Å². The monoisotopic (exact) mass is 415 g/mol. The van der Waals surface area contributed by atoms with E-state index in [2.05, 4.69) is 10.4 Å². The first kappa shape index (κ1) is 20.2. The van der Waals surface area contributed by atoms with Crippen LogP contribution in [0.1, 0.15) is 28.9 Å². The minimum absolute atomic E-state index is 0.139. The van der Waals surface area contributed by atoms with Crippen molar-refractivity contribution in [2.75, 3.05) is 5.32 Å². The third kappa shape index (κ3) is 4.90. The molecule has 4 rings (SSSR count). The van der Waals surface area contributed by atoms with E-state index in [4.69, 9.17) is 9.52 Å². The Morgan fingerprint density at radius 2 is 1.77 bits per heavy atom. The number of aryl methyl sites for hydroxylation is 1. The molecule has 2 heterocycles. The first-order valence-electron chi connectivity index (χ1n) is 9.91. The molecule has 7 nitrogen and oxygen atoms in total. The topological polar surface area (TPSA) is 97.4 Å². The Balaban J connectivity index is 1.52. The number of nitrogens with one attached hydrogen (secondary N) is 1. The summed E-state index contributed by atoms with van der Waals surface area (Å²) in [6.45, 7) is 0. The molecule has 0 radical (unpaired) electrons. The zero-order valence-corrected chi connectivity index (χ0v) is 16.7. The van der Waals surface area contributed by atoms with E-state index in [9.17, 15) is 9.59 Å². The van der Waals surface area contributed by atoms with Crippen LogP contribution in [0.3, 0.4) is 0 Å². The Labute approximate surface area is 178 Å². The molecule has 2 aromatic heterocycles. The fourth-order valence-corrected chi connectivity index (χ4v) is 3.25. The van der Waals surface area contributed by atoms with Crippen molar-refractivity contribution in [3.05, 3.63) is 90.3 Å². The summed E-state index contributed by atoms with van der Waals surface area (Å²) in [4.78, 5) is 23.5. The van der Waals surface area contributed by atoms with Gasteiger partial charge in [0, 0.05) is 18.2 Å². The summed E-state index contributed by atoms with van der Waals surface area (Å²) >= 11 is 0. The highest BCUT2D eigenvalue weighted by Crippen LogP contribution is 2.25. The predicted molar refractivity (Wildman–Crippen MR) is 116 cm³/mol. The minimum Gasteiger partial charge on any atom is -0.481 e. The Morgan fingerprint density at radius 1 is 1.00 bits per heavy atom. The molecule has 0 saturated heterocycles. The number of hydrogen-bond acceptors (Lipinski definition) is 4. The van der Waals surface area contributed by atoms with Crippen molar-refractivity contribution in [2.24, 2.45) is 0 Å². The Bertz CT molecular complexity index is 1160. The minimum atomic E-state index is -0.798. The van der Waals surface area contributed by atoms with Gasteiger partial charge in [-0.1, -0.05) is 30.3 Å². The van der Waals surface area contributed by atoms with Crippen LogP contribution in [0, 0.1) is 0 Å². The second kappa shape index (κ2) is 9.13. The lowest BCUT2D eigenvalue weighted by atomic mass is 10.1. The van der Waals surface area contributed by atoms with Gasteiger partial charge in [-0.3, -0.25) is 9.59 Å². The lowest BCUT2D eigenvalue weighted by molar-refractivity contribution is -0.137. The summed E-state index contributed by atoms with van der Waals surface area (Å²) in [5, 5.41) is 16.1. The maximum Gasteiger partial charge on any atom is 0.303 e. The van der Waals surface area contributed by atoms with Crippen LogP contribution >= 0.6 is 0 Å². The lowest BCUT2D eigenvalue weighted by Gasteiger charge is -2.06. The first-order valence-corrected chi connectivity index (χ1v) is 9.91. The fraction of sp³-hybridized carbons (Fsp3) is 0.125. The average Bonchev–Trinajstić information content (AvgIpc) is 3.45. The molecule has 4 aromatic rings. The van der Waals surface area contributed by atoms with Gasteiger partial charge in [0.15, 0.2) is 11.5 Å². The van der Waals surface area contributed by atoms with E-state index in [1.54, 1.807) is 35.2 Å². The lowest BCUT2D eigenvalue weighted by Crippen LogP contribution is -2.13. The van der Waals surface area contributed by atoms with Gasteiger partial charge < -0.3 is 14.8 Å². The summed E-state index contributed by atoms with van der Waals surface area (Å²) in [5.41, 5.74) is 3.42. The molecular weight excluding hydrogens is 394 g/mol.